The van der Waals surface area contributed by atoms with Gasteiger partial charge < -0.3 is 18.9 Å². The van der Waals surface area contributed by atoms with Crippen molar-refractivity contribution >= 4 is 11.8 Å². The Labute approximate surface area is 222 Å². The van der Waals surface area contributed by atoms with E-state index in [1.165, 1.54) is 25.4 Å². The maximum atomic E-state index is 14.7. The second-order valence-corrected chi connectivity index (χ2v) is 10.5. The van der Waals surface area contributed by atoms with E-state index in [2.05, 4.69) is 14.9 Å². The fourth-order valence-corrected chi connectivity index (χ4v) is 5.92. The third kappa shape index (κ3) is 4.99. The number of methoxy groups -OCH3 is 1. The predicted molar refractivity (Wildman–Crippen MR) is 131 cm³/mol. The van der Waals surface area contributed by atoms with Crippen molar-refractivity contribution in [1.29, 1.82) is 0 Å². The first-order chi connectivity index (χ1) is 18.7. The molecule has 1 aliphatic heterocycles. The molecular weight excluding hydrogens is 518 g/mol. The average Bonchev–Trinajstić information content (AvgIpc) is 3.38. The topological polar surface area (TPSA) is 77.7 Å². The number of aromatic nitrogens is 2. The van der Waals surface area contributed by atoms with Gasteiger partial charge in [0, 0.05) is 36.3 Å². The lowest BCUT2D eigenvalue weighted by Gasteiger charge is -2.21. The minimum Gasteiger partial charge on any atom is -0.465 e. The number of ether oxygens (including phenoxy) is 2. The third-order valence-electron chi connectivity index (χ3n) is 7.97. The van der Waals surface area contributed by atoms with Crippen molar-refractivity contribution in [3.63, 3.8) is 0 Å². The van der Waals surface area contributed by atoms with Crippen LogP contribution in [-0.2, 0) is 22.3 Å². The van der Waals surface area contributed by atoms with Gasteiger partial charge in [0.05, 0.1) is 30.9 Å². The van der Waals surface area contributed by atoms with Gasteiger partial charge in [-0.05, 0) is 49.7 Å². The Bertz CT molecular complexity index is 1370. The number of fused-ring (bicyclic) bond motifs is 1. The molecule has 1 saturated heterocycles. The summed E-state index contributed by atoms with van der Waals surface area (Å²) >= 11 is 0. The van der Waals surface area contributed by atoms with E-state index in [4.69, 9.17) is 9.26 Å². The highest BCUT2D eigenvalue weighted by molar-refractivity contribution is 5.89. The molecule has 3 aromatic rings. The number of esters is 1. The molecule has 0 spiro atoms. The van der Waals surface area contributed by atoms with Gasteiger partial charge in [0.1, 0.15) is 11.5 Å². The highest BCUT2D eigenvalue weighted by atomic mass is 19.4. The van der Waals surface area contributed by atoms with Gasteiger partial charge in [0.15, 0.2) is 11.6 Å². The van der Waals surface area contributed by atoms with Crippen LogP contribution in [0.4, 0.5) is 23.4 Å². The van der Waals surface area contributed by atoms with Crippen molar-refractivity contribution in [1.82, 2.24) is 10.1 Å². The molecule has 0 amide bonds. The highest BCUT2D eigenvalue weighted by Gasteiger charge is 2.43. The van der Waals surface area contributed by atoms with Gasteiger partial charge in [-0.3, -0.25) is 0 Å². The van der Waals surface area contributed by atoms with Crippen LogP contribution in [-0.4, -0.2) is 42.4 Å². The Balaban J connectivity index is 1.14. The summed E-state index contributed by atoms with van der Waals surface area (Å²) in [4.78, 5) is 17.7. The van der Waals surface area contributed by atoms with Crippen LogP contribution in [0.3, 0.4) is 0 Å². The Morgan fingerprint density at radius 3 is 2.51 bits per heavy atom. The largest absolute Gasteiger partial charge is 0.465 e. The molecule has 6 rings (SSSR count). The molecule has 2 saturated carbocycles. The molecule has 0 radical (unpaired) electrons. The van der Waals surface area contributed by atoms with Crippen LogP contribution in [0.5, 0.6) is 0 Å². The van der Waals surface area contributed by atoms with Crippen LogP contribution in [0.25, 0.3) is 11.3 Å². The number of alkyl halides is 3. The summed E-state index contributed by atoms with van der Waals surface area (Å²) in [6.07, 6.45) is 0.0530. The molecule has 7 nitrogen and oxygen atoms in total. The number of hydrogen-bond donors (Lipinski definition) is 0. The highest BCUT2D eigenvalue weighted by Crippen LogP contribution is 2.47. The number of carbonyl (C=O) groups is 1. The Kier molecular flexibility index (Phi) is 6.57. The molecule has 2 atom stereocenters. The van der Waals surface area contributed by atoms with Gasteiger partial charge in [-0.25, -0.2) is 14.2 Å². The van der Waals surface area contributed by atoms with E-state index in [-0.39, 0.29) is 53.1 Å². The van der Waals surface area contributed by atoms with Crippen molar-refractivity contribution in [2.75, 3.05) is 25.1 Å². The fourth-order valence-electron chi connectivity index (χ4n) is 5.92. The molecule has 39 heavy (non-hydrogen) atoms. The zero-order valence-corrected chi connectivity index (χ0v) is 21.2. The van der Waals surface area contributed by atoms with Gasteiger partial charge >= 0.3 is 12.1 Å². The zero-order chi connectivity index (χ0) is 27.3. The lowest BCUT2D eigenvalue weighted by atomic mass is 9.99. The van der Waals surface area contributed by atoms with Crippen LogP contribution < -0.4 is 4.90 Å². The van der Waals surface area contributed by atoms with E-state index in [0.29, 0.717) is 24.4 Å². The number of carbonyl (C=O) groups excluding carboxylic acids is 1. The summed E-state index contributed by atoms with van der Waals surface area (Å²) in [6, 6.07) is 6.53. The molecular formula is C28H27F4N3O4. The van der Waals surface area contributed by atoms with Crippen molar-refractivity contribution < 1.29 is 36.4 Å². The van der Waals surface area contributed by atoms with E-state index >= 15 is 0 Å². The number of nitrogens with zero attached hydrogens (tertiary/aromatic N) is 3. The quantitative estimate of drug-likeness (QED) is 0.267. The Morgan fingerprint density at radius 2 is 1.87 bits per heavy atom. The van der Waals surface area contributed by atoms with Crippen LogP contribution >= 0.6 is 0 Å². The molecule has 3 aliphatic rings. The fraction of sp³-hybridized carbons (Fsp3) is 0.464. The molecule has 3 heterocycles. The summed E-state index contributed by atoms with van der Waals surface area (Å²) in [5, 5.41) is 4.07. The van der Waals surface area contributed by atoms with Crippen molar-refractivity contribution in [2.24, 2.45) is 11.8 Å². The molecule has 3 fully saturated rings. The molecule has 0 bridgehead atoms. The van der Waals surface area contributed by atoms with Gasteiger partial charge in [-0.1, -0.05) is 23.4 Å². The van der Waals surface area contributed by atoms with E-state index < -0.39 is 23.5 Å². The molecule has 2 aromatic heterocycles. The minimum atomic E-state index is -4.52. The predicted octanol–water partition coefficient (Wildman–Crippen LogP) is 5.99. The lowest BCUT2D eigenvalue weighted by molar-refractivity contribution is -0.137. The van der Waals surface area contributed by atoms with Crippen LogP contribution in [0.2, 0.25) is 0 Å². The van der Waals surface area contributed by atoms with E-state index in [0.717, 1.165) is 37.8 Å². The van der Waals surface area contributed by atoms with Crippen LogP contribution in [0.1, 0.15) is 58.8 Å². The summed E-state index contributed by atoms with van der Waals surface area (Å²) in [6.45, 7) is 1.34. The number of rotatable bonds is 7. The number of hydrogen-bond acceptors (Lipinski definition) is 7. The average molecular weight is 546 g/mol. The Morgan fingerprint density at radius 1 is 1.15 bits per heavy atom. The zero-order valence-electron chi connectivity index (χ0n) is 21.2. The summed E-state index contributed by atoms with van der Waals surface area (Å²) in [5.74, 6) is 0.308. The van der Waals surface area contributed by atoms with Crippen molar-refractivity contribution in [3.8, 4) is 11.3 Å². The van der Waals surface area contributed by atoms with Crippen molar-refractivity contribution in [2.45, 2.75) is 50.5 Å². The normalized spacial score (nSPS) is 22.8. The minimum absolute atomic E-state index is 0.00840. The maximum absolute atomic E-state index is 14.7. The third-order valence-corrected chi connectivity index (χ3v) is 7.97. The van der Waals surface area contributed by atoms with Crippen LogP contribution in [0.15, 0.2) is 41.1 Å². The SMILES string of the molecule is COC(=O)c1cnc(N2CC3CC(OCc4c(-c5ccccc5C(F)(F)F)noc4C4CC4)CC3C2)c(F)c1. The van der Waals surface area contributed by atoms with E-state index in [9.17, 15) is 22.4 Å². The smallest absolute Gasteiger partial charge is 0.417 e. The number of anilines is 1. The van der Waals surface area contributed by atoms with Gasteiger partial charge in [-0.15, -0.1) is 0 Å². The molecule has 2 unspecified atom stereocenters. The van der Waals surface area contributed by atoms with E-state index in [1.54, 1.807) is 6.07 Å². The summed E-state index contributed by atoms with van der Waals surface area (Å²) in [7, 11) is 1.23. The maximum Gasteiger partial charge on any atom is 0.417 e. The summed E-state index contributed by atoms with van der Waals surface area (Å²) in [5.41, 5.74) is 0.0721. The summed E-state index contributed by atoms with van der Waals surface area (Å²) < 4.78 is 72.3. The first kappa shape index (κ1) is 25.8. The second-order valence-electron chi connectivity index (χ2n) is 10.5. The monoisotopic (exact) mass is 545 g/mol. The number of halogens is 4. The molecule has 1 aromatic carbocycles. The number of benzene rings is 1. The molecule has 2 aliphatic carbocycles. The Hall–Kier alpha value is -3.47. The van der Waals surface area contributed by atoms with Gasteiger partial charge in [0.2, 0.25) is 0 Å². The second kappa shape index (κ2) is 9.93. The first-order valence-electron chi connectivity index (χ1n) is 13.0. The number of pyridine rings is 1. The first-order valence-corrected chi connectivity index (χ1v) is 13.0. The van der Waals surface area contributed by atoms with E-state index in [1.807, 2.05) is 4.90 Å². The van der Waals surface area contributed by atoms with Gasteiger partial charge in [0.25, 0.3) is 0 Å². The standard InChI is InChI=1S/C28H27F4N3O4/c1-37-27(36)16-10-23(29)26(33-11-16)35-12-17-8-19(9-18(17)13-35)38-14-21-24(34-39-25(21)15-6-7-15)20-4-2-3-5-22(20)28(30,31)32/h2-5,10-11,15,17-19H,6-9,12-14H2,1H3. The lowest BCUT2D eigenvalue weighted by Crippen LogP contribution is -2.25. The molecule has 0 N–H and O–H groups in total. The van der Waals surface area contributed by atoms with Gasteiger partial charge in [-0.2, -0.15) is 13.2 Å². The molecule has 11 heteroatoms. The van der Waals surface area contributed by atoms with Crippen LogP contribution in [0, 0.1) is 17.7 Å². The molecule has 206 valence electrons. The van der Waals surface area contributed by atoms with Crippen molar-refractivity contribution in [3.05, 3.63) is 64.8 Å².